The smallest absolute Gasteiger partial charge is 0.406 e. The van der Waals surface area contributed by atoms with Crippen LogP contribution in [-0.2, 0) is 10.8 Å². The number of hydrogen-bond acceptors (Lipinski definition) is 9. The number of allylic oxidation sites excluding steroid dienone is 4. The highest BCUT2D eigenvalue weighted by Crippen LogP contribution is 2.55. The molecule has 0 fully saturated rings. The van der Waals surface area contributed by atoms with E-state index in [1.54, 1.807) is 30.7 Å². The summed E-state index contributed by atoms with van der Waals surface area (Å²) in [4.78, 5) is 23.2. The maximum Gasteiger partial charge on any atom is 0.573 e. The quantitative estimate of drug-likeness (QED) is 0.0829. The number of aryl methyl sites for hydroxylation is 1. The van der Waals surface area contributed by atoms with Gasteiger partial charge in [0.25, 0.3) is 13.4 Å². The highest BCUT2D eigenvalue weighted by molar-refractivity contribution is 7.01. The summed E-state index contributed by atoms with van der Waals surface area (Å²) in [7, 11) is 0. The van der Waals surface area contributed by atoms with E-state index in [1.165, 1.54) is 12.1 Å². The van der Waals surface area contributed by atoms with Crippen LogP contribution in [0.5, 0.6) is 11.5 Å². The van der Waals surface area contributed by atoms with Crippen molar-refractivity contribution in [1.82, 2.24) is 15.0 Å². The molecule has 3 aromatic heterocycles. The molecule has 18 rings (SSSR count). The predicted octanol–water partition coefficient (Wildman–Crippen LogP) is 21.5. The maximum absolute atomic E-state index is 15.3. The molecule has 0 saturated heterocycles. The minimum absolute atomic E-state index is 0.0962. The molecule has 0 bridgehead atoms. The van der Waals surface area contributed by atoms with Crippen LogP contribution in [0.2, 0.25) is 0 Å². The number of alkyl halides is 6. The normalized spacial score (nSPS) is 14.8. The summed E-state index contributed by atoms with van der Waals surface area (Å²) in [5.41, 5.74) is 23.5. The van der Waals surface area contributed by atoms with E-state index >= 15 is 26.3 Å². The number of para-hydroxylation sites is 5. The second-order valence-electron chi connectivity index (χ2n) is 30.9. The van der Waals surface area contributed by atoms with Crippen molar-refractivity contribution < 1.29 is 35.8 Å². The van der Waals surface area contributed by atoms with Gasteiger partial charge in [-0.15, -0.1) is 26.3 Å². The van der Waals surface area contributed by atoms with Crippen molar-refractivity contribution in [2.75, 3.05) is 19.6 Å². The van der Waals surface area contributed by atoms with Crippen LogP contribution in [0.25, 0.3) is 39.3 Å². The van der Waals surface area contributed by atoms with Crippen LogP contribution in [0.4, 0.5) is 94.6 Å². The predicted molar refractivity (Wildman–Crippen MR) is 440 cm³/mol. The molecule has 1 aliphatic carbocycles. The van der Waals surface area contributed by atoms with E-state index in [0.717, 1.165) is 136 Å². The minimum atomic E-state index is -5.07. The Bertz CT molecular complexity index is 5980. The zero-order valence-corrected chi connectivity index (χ0v) is 62.4. The van der Waals surface area contributed by atoms with E-state index in [4.69, 9.17) is 24.4 Å². The van der Waals surface area contributed by atoms with E-state index < -0.39 is 37.3 Å². The van der Waals surface area contributed by atoms with Gasteiger partial charge in [-0.05, 0) is 196 Å². The molecule has 9 nitrogen and oxygen atoms in total. The molecule has 0 saturated carbocycles. The van der Waals surface area contributed by atoms with Gasteiger partial charge >= 0.3 is 12.7 Å². The van der Waals surface area contributed by atoms with Gasteiger partial charge in [0, 0.05) is 116 Å². The van der Waals surface area contributed by atoms with Crippen molar-refractivity contribution in [3.8, 4) is 45.3 Å². The summed E-state index contributed by atoms with van der Waals surface area (Å²) in [6, 6.07) is 81.3. The zero-order valence-electron chi connectivity index (χ0n) is 62.4. The van der Waals surface area contributed by atoms with Crippen molar-refractivity contribution in [1.29, 1.82) is 0 Å². The maximum atomic E-state index is 15.3. The molecule has 546 valence electrons. The largest absolute Gasteiger partial charge is 0.573 e. The SMILES string of the molecule is CCC1CC=C(C)C=C1c1ccc(C(C)(C)c2ccc(N3c4ccccc4B4c5ccccc5N(c5ccc(C(C)(C)C)cc5-c5ccccn5)c5cc(OC(F)(F)F)cc3c54)c(-c3ccccn3)c2)cc1N1c2ccccc2B2c3ccccc3N(c3ccccc3-c3cc(C)ccn3)c3cc(OC(F)(F)F)cc1c32. The Kier molecular flexibility index (Phi) is 16.9. The number of ether oxygens (including phenoxy) is 2. The number of rotatable bonds is 13. The molecule has 0 N–H and O–H groups in total. The van der Waals surface area contributed by atoms with Crippen LogP contribution in [-0.4, -0.2) is 41.1 Å². The van der Waals surface area contributed by atoms with Gasteiger partial charge in [0.05, 0.1) is 39.8 Å². The van der Waals surface area contributed by atoms with E-state index in [1.807, 2.05) is 146 Å². The third-order valence-corrected chi connectivity index (χ3v) is 22.8. The monoisotopic (exact) mass is 1470 g/mol. The zero-order chi connectivity index (χ0) is 76.6. The van der Waals surface area contributed by atoms with Crippen molar-refractivity contribution in [3.05, 3.63) is 313 Å². The van der Waals surface area contributed by atoms with Crippen molar-refractivity contribution in [2.45, 2.75) is 91.8 Å². The van der Waals surface area contributed by atoms with Gasteiger partial charge < -0.3 is 29.1 Å². The Hall–Kier alpha value is -12.4. The van der Waals surface area contributed by atoms with Gasteiger partial charge in [0.1, 0.15) is 11.5 Å². The van der Waals surface area contributed by atoms with E-state index in [2.05, 4.69) is 165 Å². The van der Waals surface area contributed by atoms with Crippen LogP contribution in [0.15, 0.2) is 285 Å². The van der Waals surface area contributed by atoms with Gasteiger partial charge in [-0.3, -0.25) is 15.0 Å². The molecule has 1 atom stereocenters. The highest BCUT2D eigenvalue weighted by atomic mass is 19.4. The molecule has 1 unspecified atom stereocenters. The van der Waals surface area contributed by atoms with Gasteiger partial charge in [0.15, 0.2) is 0 Å². The summed E-state index contributed by atoms with van der Waals surface area (Å²) in [5, 5.41) is 0. The summed E-state index contributed by atoms with van der Waals surface area (Å²) in [5.74, 6) is -0.688. The summed E-state index contributed by atoms with van der Waals surface area (Å²) >= 11 is 0. The number of aromatic nitrogens is 3. The van der Waals surface area contributed by atoms with E-state index in [9.17, 15) is 0 Å². The van der Waals surface area contributed by atoms with Crippen molar-refractivity contribution in [3.63, 3.8) is 0 Å². The molecule has 5 aliphatic rings. The Labute approximate surface area is 642 Å². The molecule has 10 aromatic carbocycles. The lowest BCUT2D eigenvalue weighted by Crippen LogP contribution is -2.61. The molecule has 4 aliphatic heterocycles. The lowest BCUT2D eigenvalue weighted by molar-refractivity contribution is -0.275. The first kappa shape index (κ1) is 70.3. The number of fused-ring (bicyclic) bond motifs is 8. The molecule has 0 spiro atoms. The average Bonchev–Trinajstić information content (AvgIpc) is 0.700. The molecule has 17 heteroatoms. The molecular weight excluding hydrogens is 1390 g/mol. The number of halogens is 6. The molecule has 0 radical (unpaired) electrons. The van der Waals surface area contributed by atoms with Gasteiger partial charge in [-0.1, -0.05) is 187 Å². The summed E-state index contributed by atoms with van der Waals surface area (Å²) < 4.78 is 102. The summed E-state index contributed by atoms with van der Waals surface area (Å²) in [6.45, 7) is 16.2. The summed E-state index contributed by atoms with van der Waals surface area (Å²) in [6.07, 6.45) is 1.28. The Morgan fingerprint density at radius 2 is 0.784 bits per heavy atom. The van der Waals surface area contributed by atoms with Crippen LogP contribution < -0.4 is 61.9 Å². The number of anilines is 12. The Morgan fingerprint density at radius 3 is 1.23 bits per heavy atom. The Morgan fingerprint density at radius 1 is 0.378 bits per heavy atom. The molecule has 7 heterocycles. The molecular formula is C94H75B2F6N7O2. The van der Waals surface area contributed by atoms with E-state index in [-0.39, 0.29) is 17.1 Å². The third-order valence-electron chi connectivity index (χ3n) is 22.8. The number of benzene rings is 10. The second-order valence-corrected chi connectivity index (χ2v) is 30.9. The average molecular weight is 1470 g/mol. The van der Waals surface area contributed by atoms with Crippen molar-refractivity contribution >= 4 is 120 Å². The number of pyridine rings is 3. The molecule has 111 heavy (non-hydrogen) atoms. The first-order valence-electron chi connectivity index (χ1n) is 37.6. The van der Waals surface area contributed by atoms with Gasteiger partial charge in [-0.25, -0.2) is 0 Å². The Balaban J connectivity index is 0.853. The second kappa shape index (κ2) is 26.7. The number of nitrogens with zero attached hydrogens (tertiary/aromatic N) is 7. The fraction of sp³-hybridized carbons (Fsp3) is 0.160. The molecule has 0 amide bonds. The van der Waals surface area contributed by atoms with Crippen molar-refractivity contribution in [2.24, 2.45) is 5.92 Å². The van der Waals surface area contributed by atoms with E-state index in [0.29, 0.717) is 51.1 Å². The van der Waals surface area contributed by atoms with Crippen LogP contribution in [0, 0.1) is 12.8 Å². The molecule has 13 aromatic rings. The van der Waals surface area contributed by atoms with Gasteiger partial charge in [0.2, 0.25) is 0 Å². The fourth-order valence-corrected chi connectivity index (χ4v) is 17.6. The first-order chi connectivity index (χ1) is 53.5. The lowest BCUT2D eigenvalue weighted by atomic mass is 9.33. The van der Waals surface area contributed by atoms with Crippen LogP contribution in [0.1, 0.15) is 89.1 Å². The number of hydrogen-bond donors (Lipinski definition) is 0. The fourth-order valence-electron chi connectivity index (χ4n) is 17.6. The first-order valence-corrected chi connectivity index (χ1v) is 37.6. The lowest BCUT2D eigenvalue weighted by Gasteiger charge is -2.45. The minimum Gasteiger partial charge on any atom is -0.406 e. The van der Waals surface area contributed by atoms with Crippen LogP contribution >= 0.6 is 0 Å². The topological polar surface area (TPSA) is 70.1 Å². The standard InChI is InChI=1S/C94H75B2F6N7O2/c1-9-59-37-36-57(2)48-67(59)65-41-38-62(52-84(65)109-83-35-19-14-28-73(83)96-70-25-11-16-32-80(70)106(85-53-64(111-94(100,101)102)56-88(109)90(85)96)77-31-15-10-24-66(77)76-49-58(3)44-47-105-76)92(7,8)61-40-43-79(69(51-61)75-30-21-23-46-104-75)108-82-34-18-13-27-72(82)95-71-26-12-17-33-81(71)107(86-54-63(110-93(97,98)99)55-87(108)89(86)95)78-42-39-60(91(4,5)6)50-68(78)74-29-20-22-45-103-74/h10-36,38-56,59H,9,37H2,1-8H3. The van der Waals surface area contributed by atoms with Crippen LogP contribution in [0.3, 0.4) is 0 Å². The highest BCUT2D eigenvalue weighted by Gasteiger charge is 2.49. The van der Waals surface area contributed by atoms with Gasteiger partial charge in [-0.2, -0.15) is 0 Å². The third kappa shape index (κ3) is 12.2.